The molecule has 0 radical (unpaired) electrons. The first-order chi connectivity index (χ1) is 12.5. The molecular formula is C20H17N3O3. The van der Waals surface area contributed by atoms with E-state index < -0.39 is 11.5 Å². The minimum atomic E-state index is -0.493. The number of amides is 1. The van der Waals surface area contributed by atoms with Crippen molar-refractivity contribution in [3.8, 4) is 11.5 Å². The molecule has 0 bridgehead atoms. The third kappa shape index (κ3) is 2.69. The van der Waals surface area contributed by atoms with Crippen LogP contribution in [0.4, 0.5) is 5.69 Å². The lowest BCUT2D eigenvalue weighted by Gasteiger charge is -2.17. The molecule has 1 N–H and O–H groups in total. The molecule has 1 aliphatic rings. The molecule has 1 amide bonds. The van der Waals surface area contributed by atoms with Crippen molar-refractivity contribution in [1.82, 2.24) is 4.98 Å². The van der Waals surface area contributed by atoms with Crippen molar-refractivity contribution in [3.05, 3.63) is 59.9 Å². The molecule has 0 spiro atoms. The predicted molar refractivity (Wildman–Crippen MR) is 97.1 cm³/mol. The molecule has 1 aromatic heterocycles. The van der Waals surface area contributed by atoms with Crippen molar-refractivity contribution in [3.63, 3.8) is 0 Å². The average Bonchev–Trinajstić information content (AvgIpc) is 2.98. The van der Waals surface area contributed by atoms with Gasteiger partial charge in [-0.15, -0.1) is 10.2 Å². The van der Waals surface area contributed by atoms with Crippen LogP contribution in [0.3, 0.4) is 0 Å². The molecule has 0 aliphatic carbocycles. The maximum atomic E-state index is 12.2. The average molecular weight is 347 g/mol. The summed E-state index contributed by atoms with van der Waals surface area (Å²) in [6, 6.07) is 10.6. The summed E-state index contributed by atoms with van der Waals surface area (Å²) in [5.41, 5.74) is 0.950. The summed E-state index contributed by atoms with van der Waals surface area (Å²) in [5.74, 6) is 0.186. The van der Waals surface area contributed by atoms with Crippen molar-refractivity contribution >= 4 is 22.4 Å². The summed E-state index contributed by atoms with van der Waals surface area (Å²) in [6.07, 6.45) is 3.59. The Labute approximate surface area is 150 Å². The molecule has 0 fully saturated rings. The van der Waals surface area contributed by atoms with Crippen molar-refractivity contribution in [2.24, 2.45) is 10.2 Å². The van der Waals surface area contributed by atoms with E-state index in [-0.39, 0.29) is 11.4 Å². The van der Waals surface area contributed by atoms with Crippen molar-refractivity contribution in [2.45, 2.75) is 25.9 Å². The lowest BCUT2D eigenvalue weighted by Crippen LogP contribution is -2.24. The summed E-state index contributed by atoms with van der Waals surface area (Å²) in [7, 11) is 0. The highest BCUT2D eigenvalue weighted by molar-refractivity contribution is 6.02. The third-order valence-electron chi connectivity index (χ3n) is 4.36. The number of aromatic nitrogens is 1. The van der Waals surface area contributed by atoms with Crippen molar-refractivity contribution in [1.29, 1.82) is 0 Å². The Morgan fingerprint density at radius 2 is 1.85 bits per heavy atom. The quantitative estimate of drug-likeness (QED) is 0.688. The predicted octanol–water partition coefficient (Wildman–Crippen LogP) is 4.58. The zero-order chi connectivity index (χ0) is 18.3. The summed E-state index contributed by atoms with van der Waals surface area (Å²) < 4.78 is 6.03. The minimum absolute atomic E-state index is 0.00977. The van der Waals surface area contributed by atoms with Crippen molar-refractivity contribution in [2.75, 3.05) is 0 Å². The highest BCUT2D eigenvalue weighted by atomic mass is 16.5. The number of hydrogen-bond donors (Lipinski definition) is 1. The van der Waals surface area contributed by atoms with E-state index in [0.717, 1.165) is 5.39 Å². The molecule has 4 rings (SSSR count). The molecule has 0 unspecified atom stereocenters. The third-order valence-corrected chi connectivity index (χ3v) is 4.36. The molecule has 2 heterocycles. The first-order valence-electron chi connectivity index (χ1n) is 8.28. The second-order valence-electron chi connectivity index (χ2n) is 6.83. The van der Waals surface area contributed by atoms with Gasteiger partial charge in [-0.25, -0.2) is 0 Å². The molecule has 1 aliphatic heterocycles. The lowest BCUT2D eigenvalue weighted by atomic mass is 9.97. The van der Waals surface area contributed by atoms with Gasteiger partial charge < -0.3 is 9.84 Å². The van der Waals surface area contributed by atoms with Gasteiger partial charge in [-0.05, 0) is 26.0 Å². The van der Waals surface area contributed by atoms with Gasteiger partial charge in [0.2, 0.25) is 0 Å². The van der Waals surface area contributed by atoms with Crippen LogP contribution in [-0.2, 0) is 6.42 Å². The number of fused-ring (bicyclic) bond motifs is 3. The molecule has 6 heteroatoms. The number of carbonyl (C=O) groups excluding carboxylic acids is 1. The van der Waals surface area contributed by atoms with E-state index in [1.165, 1.54) is 12.4 Å². The Hall–Kier alpha value is -3.28. The normalized spacial score (nSPS) is 15.2. The van der Waals surface area contributed by atoms with E-state index in [1.807, 2.05) is 38.1 Å². The Kier molecular flexibility index (Phi) is 3.68. The maximum Gasteiger partial charge on any atom is 0.295 e. The number of azo groups is 1. The number of pyridine rings is 1. The molecule has 6 nitrogen and oxygen atoms in total. The van der Waals surface area contributed by atoms with Gasteiger partial charge in [0.15, 0.2) is 5.75 Å². The monoisotopic (exact) mass is 347 g/mol. The van der Waals surface area contributed by atoms with Gasteiger partial charge in [0, 0.05) is 40.7 Å². The molecule has 0 atom stereocenters. The van der Waals surface area contributed by atoms with Crippen LogP contribution in [-0.4, -0.2) is 21.6 Å². The Balaban J connectivity index is 1.84. The van der Waals surface area contributed by atoms with Crippen LogP contribution in [0.1, 0.15) is 29.8 Å². The van der Waals surface area contributed by atoms with E-state index in [1.54, 1.807) is 12.1 Å². The smallest absolute Gasteiger partial charge is 0.295 e. The van der Waals surface area contributed by atoms with E-state index in [9.17, 15) is 9.90 Å². The molecule has 3 aromatic rings. The Morgan fingerprint density at radius 3 is 2.58 bits per heavy atom. The zero-order valence-electron chi connectivity index (χ0n) is 14.4. The number of phenols is 1. The highest BCUT2D eigenvalue weighted by Gasteiger charge is 2.35. The second kappa shape index (κ2) is 5.91. The van der Waals surface area contributed by atoms with E-state index >= 15 is 0 Å². The number of phenolic OH excluding ortho intramolecular Hbond substituents is 1. The van der Waals surface area contributed by atoms with Crippen LogP contribution >= 0.6 is 0 Å². The van der Waals surface area contributed by atoms with E-state index in [4.69, 9.17) is 4.74 Å². The minimum Gasteiger partial charge on any atom is -0.505 e. The maximum absolute atomic E-state index is 12.2. The van der Waals surface area contributed by atoms with Crippen LogP contribution in [0.5, 0.6) is 11.5 Å². The van der Waals surface area contributed by atoms with Gasteiger partial charge in [-0.2, -0.15) is 0 Å². The van der Waals surface area contributed by atoms with Gasteiger partial charge >= 0.3 is 0 Å². The van der Waals surface area contributed by atoms with Crippen LogP contribution in [0.15, 0.2) is 59.0 Å². The van der Waals surface area contributed by atoms with E-state index in [2.05, 4.69) is 15.2 Å². The topological polar surface area (TPSA) is 84.1 Å². The number of benzene rings is 2. The fraction of sp³-hybridized carbons (Fsp3) is 0.200. The SMILES string of the molecule is CC1(C)Cc2c(O)c(N=NC(=O)c3ccncc3)c3ccccc3c2O1. The van der Waals surface area contributed by atoms with Gasteiger partial charge in [-0.3, -0.25) is 9.78 Å². The second-order valence-corrected chi connectivity index (χ2v) is 6.83. The molecule has 0 saturated heterocycles. The van der Waals surface area contributed by atoms with Gasteiger partial charge in [0.05, 0.1) is 0 Å². The van der Waals surface area contributed by atoms with Gasteiger partial charge in [-0.1, -0.05) is 24.3 Å². The molecule has 26 heavy (non-hydrogen) atoms. The zero-order valence-corrected chi connectivity index (χ0v) is 14.4. The molecule has 0 saturated carbocycles. The lowest BCUT2D eigenvalue weighted by molar-refractivity contribution is 0.0995. The summed E-state index contributed by atoms with van der Waals surface area (Å²) >= 11 is 0. The molecule has 2 aromatic carbocycles. The van der Waals surface area contributed by atoms with Gasteiger partial charge in [0.1, 0.15) is 17.0 Å². The molecular weight excluding hydrogens is 330 g/mol. The summed E-state index contributed by atoms with van der Waals surface area (Å²) in [5, 5.41) is 20.2. The standard InChI is InChI=1S/C20H17N3O3/c1-20(2)11-15-17(24)16(13-5-3-4-6-14(13)18(15)26-20)22-23-19(25)12-7-9-21-10-8-12/h3-10,24H,11H2,1-2H3. The largest absolute Gasteiger partial charge is 0.505 e. The first kappa shape index (κ1) is 16.2. The highest BCUT2D eigenvalue weighted by Crippen LogP contribution is 2.50. The van der Waals surface area contributed by atoms with E-state index in [0.29, 0.717) is 28.7 Å². The number of rotatable bonds is 2. The molecule has 130 valence electrons. The van der Waals surface area contributed by atoms with Crippen LogP contribution in [0.2, 0.25) is 0 Å². The number of hydrogen-bond acceptors (Lipinski definition) is 5. The summed E-state index contributed by atoms with van der Waals surface area (Å²) in [4.78, 5) is 16.1. The Bertz CT molecular complexity index is 1040. The van der Waals surface area contributed by atoms with Crippen LogP contribution in [0.25, 0.3) is 10.8 Å². The summed E-state index contributed by atoms with van der Waals surface area (Å²) in [6.45, 7) is 3.94. The number of carbonyl (C=O) groups is 1. The van der Waals surface area contributed by atoms with Gasteiger partial charge in [0.25, 0.3) is 5.91 Å². The first-order valence-corrected chi connectivity index (χ1v) is 8.28. The number of aromatic hydroxyl groups is 1. The Morgan fingerprint density at radius 1 is 1.15 bits per heavy atom. The number of ether oxygens (including phenoxy) is 1. The van der Waals surface area contributed by atoms with Crippen LogP contribution in [0, 0.1) is 0 Å². The van der Waals surface area contributed by atoms with Crippen molar-refractivity contribution < 1.29 is 14.6 Å². The fourth-order valence-corrected chi connectivity index (χ4v) is 3.20. The fourth-order valence-electron chi connectivity index (χ4n) is 3.20. The van der Waals surface area contributed by atoms with Crippen LogP contribution < -0.4 is 4.74 Å². The number of nitrogens with zero attached hydrogens (tertiary/aromatic N) is 3.